The molecule has 94 valence electrons. The van der Waals surface area contributed by atoms with Gasteiger partial charge < -0.3 is 4.90 Å². The van der Waals surface area contributed by atoms with Crippen molar-refractivity contribution in [1.82, 2.24) is 0 Å². The molecule has 0 saturated carbocycles. The van der Waals surface area contributed by atoms with E-state index in [1.54, 1.807) is 0 Å². The Morgan fingerprint density at radius 3 is 2.33 bits per heavy atom. The molecule has 2 rings (SSSR count). The first-order chi connectivity index (χ1) is 8.61. The van der Waals surface area contributed by atoms with E-state index in [1.165, 1.54) is 5.56 Å². The van der Waals surface area contributed by atoms with Gasteiger partial charge in [0, 0.05) is 29.3 Å². The maximum absolute atomic E-state index is 5.99. The van der Waals surface area contributed by atoms with Crippen molar-refractivity contribution < 1.29 is 0 Å². The van der Waals surface area contributed by atoms with Crippen LogP contribution in [-0.4, -0.2) is 7.05 Å². The van der Waals surface area contributed by atoms with Crippen LogP contribution >= 0.6 is 23.2 Å². The summed E-state index contributed by atoms with van der Waals surface area (Å²) in [6, 6.07) is 14.2. The molecule has 18 heavy (non-hydrogen) atoms. The summed E-state index contributed by atoms with van der Waals surface area (Å²) in [4.78, 5) is 2.12. The molecular weight excluding hydrogens is 265 g/mol. The van der Waals surface area contributed by atoms with Crippen LogP contribution in [0.1, 0.15) is 11.1 Å². The zero-order chi connectivity index (χ0) is 13.1. The van der Waals surface area contributed by atoms with E-state index in [2.05, 4.69) is 36.1 Å². The SMILES string of the molecule is Cc1ccc(N(C)c2ccc(Cl)cc2CCl)cc1. The molecule has 0 atom stereocenters. The second-order valence-electron chi connectivity index (χ2n) is 4.30. The molecule has 0 fully saturated rings. The van der Waals surface area contributed by atoms with Crippen LogP contribution in [-0.2, 0) is 5.88 Å². The van der Waals surface area contributed by atoms with E-state index < -0.39 is 0 Å². The molecule has 0 N–H and O–H groups in total. The van der Waals surface area contributed by atoms with Crippen LogP contribution in [0.15, 0.2) is 42.5 Å². The smallest absolute Gasteiger partial charge is 0.0495 e. The molecule has 0 radical (unpaired) electrons. The van der Waals surface area contributed by atoms with Gasteiger partial charge in [0.05, 0.1) is 0 Å². The van der Waals surface area contributed by atoms with E-state index in [1.807, 2.05) is 25.2 Å². The van der Waals surface area contributed by atoms with Crippen molar-refractivity contribution >= 4 is 34.6 Å². The Kier molecular flexibility index (Phi) is 4.15. The molecule has 1 nitrogen and oxygen atoms in total. The number of hydrogen-bond acceptors (Lipinski definition) is 1. The van der Waals surface area contributed by atoms with Crippen molar-refractivity contribution in [2.75, 3.05) is 11.9 Å². The van der Waals surface area contributed by atoms with Crippen molar-refractivity contribution in [3.8, 4) is 0 Å². The van der Waals surface area contributed by atoms with Crippen LogP contribution < -0.4 is 4.90 Å². The minimum absolute atomic E-state index is 0.450. The molecule has 2 aromatic rings. The minimum Gasteiger partial charge on any atom is -0.344 e. The van der Waals surface area contributed by atoms with Crippen LogP contribution in [0.5, 0.6) is 0 Å². The third kappa shape index (κ3) is 2.80. The van der Waals surface area contributed by atoms with Gasteiger partial charge >= 0.3 is 0 Å². The Hall–Kier alpha value is -1.18. The van der Waals surface area contributed by atoms with E-state index in [4.69, 9.17) is 23.2 Å². The molecule has 0 saturated heterocycles. The number of rotatable bonds is 3. The first-order valence-electron chi connectivity index (χ1n) is 5.76. The molecule has 0 amide bonds. The van der Waals surface area contributed by atoms with Gasteiger partial charge in [-0.05, 0) is 42.8 Å². The minimum atomic E-state index is 0.450. The van der Waals surface area contributed by atoms with Crippen molar-refractivity contribution in [2.24, 2.45) is 0 Å². The summed E-state index contributed by atoms with van der Waals surface area (Å²) in [6.07, 6.45) is 0. The van der Waals surface area contributed by atoms with Gasteiger partial charge in [-0.1, -0.05) is 29.3 Å². The highest BCUT2D eigenvalue weighted by Crippen LogP contribution is 2.30. The molecule has 0 spiro atoms. The zero-order valence-corrected chi connectivity index (χ0v) is 12.0. The van der Waals surface area contributed by atoms with E-state index in [0.29, 0.717) is 10.9 Å². The summed E-state index contributed by atoms with van der Waals surface area (Å²) in [5, 5.41) is 0.715. The van der Waals surface area contributed by atoms with Crippen LogP contribution in [0.2, 0.25) is 5.02 Å². The number of benzene rings is 2. The number of alkyl halides is 1. The molecule has 0 bridgehead atoms. The highest BCUT2D eigenvalue weighted by Gasteiger charge is 2.09. The topological polar surface area (TPSA) is 3.24 Å². The summed E-state index contributed by atoms with van der Waals surface area (Å²) >= 11 is 12.0. The van der Waals surface area contributed by atoms with Gasteiger partial charge in [-0.25, -0.2) is 0 Å². The third-order valence-electron chi connectivity index (χ3n) is 2.97. The van der Waals surface area contributed by atoms with Gasteiger partial charge in [0.2, 0.25) is 0 Å². The molecule has 0 aliphatic heterocycles. The number of hydrogen-bond donors (Lipinski definition) is 0. The lowest BCUT2D eigenvalue weighted by Crippen LogP contribution is -2.11. The quantitative estimate of drug-likeness (QED) is 0.702. The number of nitrogens with zero attached hydrogens (tertiary/aromatic N) is 1. The van der Waals surface area contributed by atoms with E-state index in [0.717, 1.165) is 16.9 Å². The fourth-order valence-corrected chi connectivity index (χ4v) is 2.30. The summed E-state index contributed by atoms with van der Waals surface area (Å²) in [5.41, 5.74) is 4.50. The Morgan fingerprint density at radius 2 is 1.72 bits per heavy atom. The van der Waals surface area contributed by atoms with Crippen molar-refractivity contribution in [3.63, 3.8) is 0 Å². The maximum Gasteiger partial charge on any atom is 0.0495 e. The first-order valence-corrected chi connectivity index (χ1v) is 6.68. The molecular formula is C15H15Cl2N. The van der Waals surface area contributed by atoms with Gasteiger partial charge in [0.1, 0.15) is 0 Å². The lowest BCUT2D eigenvalue weighted by atomic mass is 10.1. The Balaban J connectivity index is 2.39. The zero-order valence-electron chi connectivity index (χ0n) is 10.5. The maximum atomic E-state index is 5.99. The highest BCUT2D eigenvalue weighted by molar-refractivity contribution is 6.30. The Bertz CT molecular complexity index is 535. The van der Waals surface area contributed by atoms with Gasteiger partial charge in [0.25, 0.3) is 0 Å². The van der Waals surface area contributed by atoms with Gasteiger partial charge in [-0.15, -0.1) is 11.6 Å². The molecule has 0 aliphatic rings. The fourth-order valence-electron chi connectivity index (χ4n) is 1.90. The van der Waals surface area contributed by atoms with E-state index >= 15 is 0 Å². The van der Waals surface area contributed by atoms with E-state index in [-0.39, 0.29) is 0 Å². The van der Waals surface area contributed by atoms with Crippen molar-refractivity contribution in [3.05, 3.63) is 58.6 Å². The molecule has 3 heteroatoms. The van der Waals surface area contributed by atoms with Crippen LogP contribution in [0, 0.1) is 6.92 Å². The summed E-state index contributed by atoms with van der Waals surface area (Å²) in [6.45, 7) is 2.08. The summed E-state index contributed by atoms with van der Waals surface area (Å²) < 4.78 is 0. The monoisotopic (exact) mass is 279 g/mol. The van der Waals surface area contributed by atoms with E-state index in [9.17, 15) is 0 Å². The lowest BCUT2D eigenvalue weighted by molar-refractivity contribution is 1.17. The van der Waals surface area contributed by atoms with Gasteiger partial charge in [-0.3, -0.25) is 0 Å². The molecule has 2 aromatic carbocycles. The second-order valence-corrected chi connectivity index (χ2v) is 5.00. The summed E-state index contributed by atoms with van der Waals surface area (Å²) in [5.74, 6) is 0.450. The Labute approximate surface area is 118 Å². The lowest BCUT2D eigenvalue weighted by Gasteiger charge is -2.22. The van der Waals surface area contributed by atoms with Crippen molar-refractivity contribution in [2.45, 2.75) is 12.8 Å². The Morgan fingerprint density at radius 1 is 1.06 bits per heavy atom. The average molecular weight is 280 g/mol. The standard InChI is InChI=1S/C15H15Cl2N/c1-11-3-6-14(7-4-11)18(2)15-8-5-13(17)9-12(15)10-16/h3-9H,10H2,1-2H3. The number of anilines is 2. The van der Waals surface area contributed by atoms with Crippen molar-refractivity contribution in [1.29, 1.82) is 0 Å². The molecule has 0 aromatic heterocycles. The summed E-state index contributed by atoms with van der Waals surface area (Å²) in [7, 11) is 2.03. The highest BCUT2D eigenvalue weighted by atomic mass is 35.5. The molecule has 0 unspecified atom stereocenters. The second kappa shape index (κ2) is 5.64. The fraction of sp³-hybridized carbons (Fsp3) is 0.200. The molecule has 0 aliphatic carbocycles. The largest absolute Gasteiger partial charge is 0.344 e. The van der Waals surface area contributed by atoms with Crippen LogP contribution in [0.4, 0.5) is 11.4 Å². The number of halogens is 2. The van der Waals surface area contributed by atoms with Crippen LogP contribution in [0.3, 0.4) is 0 Å². The number of aryl methyl sites for hydroxylation is 1. The molecule has 0 heterocycles. The predicted molar refractivity (Wildman–Crippen MR) is 80.3 cm³/mol. The normalized spacial score (nSPS) is 10.4. The van der Waals surface area contributed by atoms with Crippen LogP contribution in [0.25, 0.3) is 0 Å². The van der Waals surface area contributed by atoms with Gasteiger partial charge in [0.15, 0.2) is 0 Å². The average Bonchev–Trinajstić information content (AvgIpc) is 2.38. The first kappa shape index (κ1) is 13.3. The predicted octanol–water partition coefficient (Wildman–Crippen LogP) is 5.16. The van der Waals surface area contributed by atoms with Gasteiger partial charge in [-0.2, -0.15) is 0 Å². The third-order valence-corrected chi connectivity index (χ3v) is 3.49.